The first-order valence-electron chi connectivity index (χ1n) is 22.5. The molecular formula is C45H84NO8P. The summed E-state index contributed by atoms with van der Waals surface area (Å²) in [5, 5.41) is 0. The van der Waals surface area contributed by atoms with Gasteiger partial charge >= 0.3 is 19.8 Å². The maximum Gasteiger partial charge on any atom is 0.472 e. The van der Waals surface area contributed by atoms with Gasteiger partial charge in [-0.25, -0.2) is 4.57 Å². The van der Waals surface area contributed by atoms with Crippen molar-refractivity contribution in [3.63, 3.8) is 0 Å². The number of phosphoric ester groups is 1. The summed E-state index contributed by atoms with van der Waals surface area (Å²) in [5.41, 5.74) is 5.34. The van der Waals surface area contributed by atoms with Crippen LogP contribution < -0.4 is 5.73 Å². The Balaban J connectivity index is 4.21. The van der Waals surface area contributed by atoms with Gasteiger partial charge in [0.1, 0.15) is 6.61 Å². The molecule has 0 aliphatic rings. The van der Waals surface area contributed by atoms with E-state index >= 15 is 0 Å². The Morgan fingerprint density at radius 3 is 1.47 bits per heavy atom. The number of carbonyl (C=O) groups excluding carboxylic acids is 2. The van der Waals surface area contributed by atoms with Crippen molar-refractivity contribution in [1.29, 1.82) is 0 Å². The highest BCUT2D eigenvalue weighted by molar-refractivity contribution is 7.47. The topological polar surface area (TPSA) is 134 Å². The molecule has 0 radical (unpaired) electrons. The van der Waals surface area contributed by atoms with Crippen molar-refractivity contribution >= 4 is 19.8 Å². The highest BCUT2D eigenvalue weighted by atomic mass is 31.2. The summed E-state index contributed by atoms with van der Waals surface area (Å²) < 4.78 is 32.7. The van der Waals surface area contributed by atoms with Crippen molar-refractivity contribution in [2.24, 2.45) is 5.73 Å². The molecule has 10 heteroatoms. The highest BCUT2D eigenvalue weighted by Crippen LogP contribution is 2.43. The Morgan fingerprint density at radius 2 is 0.982 bits per heavy atom. The predicted octanol–water partition coefficient (Wildman–Crippen LogP) is 12.9. The number of unbranched alkanes of at least 4 members (excludes halogenated alkanes) is 23. The SMILES string of the molecule is CCCCCCCCC/C=C\C/C=C\C/C=C\CCC(=O)OC(COC(=O)CCCCCCCCCCCCCCCCCCC)COP(=O)(O)OCCN. The second kappa shape index (κ2) is 41.9. The minimum Gasteiger partial charge on any atom is -0.462 e. The lowest BCUT2D eigenvalue weighted by atomic mass is 10.0. The number of rotatable bonds is 42. The average Bonchev–Trinajstić information content (AvgIpc) is 3.17. The van der Waals surface area contributed by atoms with E-state index in [1.54, 1.807) is 0 Å². The molecule has 0 aliphatic carbocycles. The van der Waals surface area contributed by atoms with Gasteiger partial charge in [-0.05, 0) is 38.5 Å². The van der Waals surface area contributed by atoms with Crippen molar-refractivity contribution < 1.29 is 37.6 Å². The number of esters is 2. The van der Waals surface area contributed by atoms with Crippen LogP contribution in [0.15, 0.2) is 36.5 Å². The van der Waals surface area contributed by atoms with E-state index in [0.717, 1.165) is 38.5 Å². The van der Waals surface area contributed by atoms with Gasteiger partial charge in [0.25, 0.3) is 0 Å². The van der Waals surface area contributed by atoms with Gasteiger partial charge in [-0.2, -0.15) is 0 Å². The van der Waals surface area contributed by atoms with Crippen LogP contribution in [0.5, 0.6) is 0 Å². The van der Waals surface area contributed by atoms with E-state index < -0.39 is 32.5 Å². The fraction of sp³-hybridized carbons (Fsp3) is 0.822. The minimum absolute atomic E-state index is 0.0447. The Kier molecular flexibility index (Phi) is 40.5. The molecule has 0 fully saturated rings. The van der Waals surface area contributed by atoms with E-state index in [1.807, 2.05) is 12.2 Å². The van der Waals surface area contributed by atoms with Crippen molar-refractivity contribution in [2.45, 2.75) is 213 Å². The maximum atomic E-state index is 12.5. The van der Waals surface area contributed by atoms with Gasteiger partial charge in [-0.3, -0.25) is 18.6 Å². The molecule has 0 aromatic heterocycles. The molecule has 0 amide bonds. The van der Waals surface area contributed by atoms with Crippen LogP contribution in [0.2, 0.25) is 0 Å². The average molecular weight is 798 g/mol. The molecule has 2 atom stereocenters. The molecule has 0 aromatic rings. The van der Waals surface area contributed by atoms with Crippen molar-refractivity contribution in [2.75, 3.05) is 26.4 Å². The Morgan fingerprint density at radius 1 is 0.545 bits per heavy atom. The summed E-state index contributed by atoms with van der Waals surface area (Å²) in [4.78, 5) is 34.8. The number of ether oxygens (including phenoxy) is 2. The Labute approximate surface area is 337 Å². The molecule has 0 bridgehead atoms. The lowest BCUT2D eigenvalue weighted by molar-refractivity contribution is -0.161. The summed E-state index contributed by atoms with van der Waals surface area (Å²) in [5.74, 6) is -0.909. The molecule has 0 rings (SSSR count). The van der Waals surface area contributed by atoms with Crippen LogP contribution >= 0.6 is 7.82 Å². The summed E-state index contributed by atoms with van der Waals surface area (Å²) in [7, 11) is -4.39. The smallest absolute Gasteiger partial charge is 0.462 e. The zero-order valence-corrected chi connectivity index (χ0v) is 36.3. The molecule has 9 nitrogen and oxygen atoms in total. The summed E-state index contributed by atoms with van der Waals surface area (Å²) in [6.07, 6.45) is 46.2. The van der Waals surface area contributed by atoms with E-state index in [0.29, 0.717) is 6.42 Å². The monoisotopic (exact) mass is 798 g/mol. The molecule has 3 N–H and O–H groups in total. The van der Waals surface area contributed by atoms with E-state index in [-0.39, 0.29) is 32.6 Å². The molecule has 0 heterocycles. The zero-order chi connectivity index (χ0) is 40.3. The second-order valence-electron chi connectivity index (χ2n) is 14.9. The van der Waals surface area contributed by atoms with Crippen LogP contribution in [0.25, 0.3) is 0 Å². The van der Waals surface area contributed by atoms with Gasteiger partial charge in [-0.15, -0.1) is 0 Å². The molecule has 0 aliphatic heterocycles. The maximum absolute atomic E-state index is 12.5. The minimum atomic E-state index is -4.39. The number of allylic oxidation sites excluding steroid dienone is 6. The van der Waals surface area contributed by atoms with Crippen LogP contribution in [0.1, 0.15) is 206 Å². The molecule has 0 spiro atoms. The van der Waals surface area contributed by atoms with Crippen molar-refractivity contribution in [1.82, 2.24) is 0 Å². The van der Waals surface area contributed by atoms with E-state index in [4.69, 9.17) is 24.3 Å². The normalized spacial score (nSPS) is 13.6. The van der Waals surface area contributed by atoms with Crippen LogP contribution in [0, 0.1) is 0 Å². The van der Waals surface area contributed by atoms with Crippen molar-refractivity contribution in [3.8, 4) is 0 Å². The van der Waals surface area contributed by atoms with E-state index in [2.05, 4.69) is 38.2 Å². The third kappa shape index (κ3) is 41.7. The van der Waals surface area contributed by atoms with Gasteiger partial charge in [-0.1, -0.05) is 192 Å². The molecule has 0 saturated heterocycles. The third-order valence-electron chi connectivity index (χ3n) is 9.54. The number of hydrogen-bond acceptors (Lipinski definition) is 8. The lowest BCUT2D eigenvalue weighted by Gasteiger charge is -2.19. The number of hydrogen-bond donors (Lipinski definition) is 2. The molecule has 0 saturated carbocycles. The van der Waals surface area contributed by atoms with E-state index in [9.17, 15) is 19.0 Å². The van der Waals surface area contributed by atoms with Crippen LogP contribution in [-0.4, -0.2) is 49.3 Å². The molecule has 2 unspecified atom stereocenters. The van der Waals surface area contributed by atoms with Gasteiger partial charge in [0.15, 0.2) is 6.10 Å². The third-order valence-corrected chi connectivity index (χ3v) is 10.5. The van der Waals surface area contributed by atoms with E-state index in [1.165, 1.54) is 135 Å². The number of carbonyl (C=O) groups is 2. The highest BCUT2D eigenvalue weighted by Gasteiger charge is 2.25. The largest absolute Gasteiger partial charge is 0.472 e. The summed E-state index contributed by atoms with van der Waals surface area (Å²) in [6.45, 7) is 3.67. The van der Waals surface area contributed by atoms with Gasteiger partial charge in [0, 0.05) is 19.4 Å². The Bertz CT molecular complexity index is 1000. The molecule has 55 heavy (non-hydrogen) atoms. The number of phosphoric acid groups is 1. The van der Waals surface area contributed by atoms with Gasteiger partial charge in [0.05, 0.1) is 13.2 Å². The summed E-state index contributed by atoms with van der Waals surface area (Å²) in [6, 6.07) is 0. The van der Waals surface area contributed by atoms with Gasteiger partial charge in [0.2, 0.25) is 0 Å². The lowest BCUT2D eigenvalue weighted by Crippen LogP contribution is -2.29. The Hall–Kier alpha value is -1.77. The first kappa shape index (κ1) is 53.2. The fourth-order valence-corrected chi connectivity index (χ4v) is 6.96. The van der Waals surface area contributed by atoms with Crippen LogP contribution in [0.3, 0.4) is 0 Å². The molecule has 0 aromatic carbocycles. The first-order chi connectivity index (χ1) is 26.8. The zero-order valence-electron chi connectivity index (χ0n) is 35.4. The molecule has 322 valence electrons. The number of nitrogens with two attached hydrogens (primary N) is 1. The predicted molar refractivity (Wildman–Crippen MR) is 229 cm³/mol. The fourth-order valence-electron chi connectivity index (χ4n) is 6.19. The van der Waals surface area contributed by atoms with Gasteiger partial charge < -0.3 is 20.1 Å². The van der Waals surface area contributed by atoms with Crippen LogP contribution in [-0.2, 0) is 32.7 Å². The first-order valence-corrected chi connectivity index (χ1v) is 24.0. The standard InChI is InChI=1S/C45H84NO8P/c1-3-5-7-9-11-13-15-17-19-21-23-25-27-29-31-33-35-37-44(47)51-41-43(42-53-55(49,50)52-40-39-46)54-45(48)38-36-34-32-30-28-26-24-22-20-18-16-14-12-10-8-6-4-2/h20,22,26,28,32,34,43H,3-19,21,23-25,27,29-31,33,35-42,46H2,1-2H3,(H,49,50)/b22-20-,28-26-,34-32-. The summed E-state index contributed by atoms with van der Waals surface area (Å²) >= 11 is 0. The second-order valence-corrected chi connectivity index (χ2v) is 16.4. The van der Waals surface area contributed by atoms with Crippen molar-refractivity contribution in [3.05, 3.63) is 36.5 Å². The van der Waals surface area contributed by atoms with Crippen LogP contribution in [0.4, 0.5) is 0 Å². The molecular weight excluding hydrogens is 713 g/mol. The quantitative estimate of drug-likeness (QED) is 0.0268.